The summed E-state index contributed by atoms with van der Waals surface area (Å²) in [7, 11) is 0. The van der Waals surface area contributed by atoms with Crippen molar-refractivity contribution in [2.75, 3.05) is 11.6 Å². The monoisotopic (exact) mass is 288 g/mol. The minimum atomic E-state index is -0.974. The topological polar surface area (TPSA) is 62.2 Å². The molecule has 0 atom stereocenters. The number of nitrogens with one attached hydrogen (secondary N) is 1. The maximum absolute atomic E-state index is 11.4. The molecule has 2 rings (SSSR count). The molecule has 0 aliphatic heterocycles. The molecule has 0 unspecified atom stereocenters. The highest BCUT2D eigenvalue weighted by Gasteiger charge is 2.15. The van der Waals surface area contributed by atoms with E-state index in [0.717, 1.165) is 16.3 Å². The summed E-state index contributed by atoms with van der Waals surface area (Å²) in [4.78, 5) is 16.8. The van der Waals surface area contributed by atoms with Crippen LogP contribution < -0.4 is 5.32 Å². The zero-order valence-corrected chi connectivity index (χ0v) is 12.4. The van der Waals surface area contributed by atoms with Crippen LogP contribution in [0.5, 0.6) is 0 Å². The van der Waals surface area contributed by atoms with Gasteiger partial charge in [-0.25, -0.2) is 9.78 Å². The van der Waals surface area contributed by atoms with E-state index in [-0.39, 0.29) is 5.56 Å². The van der Waals surface area contributed by atoms with Gasteiger partial charge in [0.15, 0.2) is 0 Å². The molecule has 0 fully saturated rings. The van der Waals surface area contributed by atoms with Gasteiger partial charge in [-0.05, 0) is 49.9 Å². The first kappa shape index (κ1) is 14.4. The van der Waals surface area contributed by atoms with Gasteiger partial charge in [-0.2, -0.15) is 0 Å². The van der Waals surface area contributed by atoms with E-state index in [0.29, 0.717) is 11.4 Å². The third-order valence-electron chi connectivity index (χ3n) is 2.89. The van der Waals surface area contributed by atoms with Gasteiger partial charge in [-0.15, -0.1) is 11.8 Å². The van der Waals surface area contributed by atoms with E-state index < -0.39 is 5.97 Å². The number of aryl methyl sites for hydroxylation is 2. The molecule has 5 heteroatoms. The number of aromatic carboxylic acids is 1. The molecule has 20 heavy (non-hydrogen) atoms. The molecule has 0 saturated carbocycles. The average Bonchev–Trinajstić information content (AvgIpc) is 2.37. The van der Waals surface area contributed by atoms with Crippen molar-refractivity contribution in [2.24, 2.45) is 0 Å². The van der Waals surface area contributed by atoms with Crippen molar-refractivity contribution in [1.82, 2.24) is 4.98 Å². The number of aromatic nitrogens is 1. The minimum Gasteiger partial charge on any atom is -0.478 e. The number of hydrogen-bond acceptors (Lipinski definition) is 4. The van der Waals surface area contributed by atoms with Crippen LogP contribution in [-0.4, -0.2) is 22.3 Å². The Morgan fingerprint density at radius 2 is 2.05 bits per heavy atom. The van der Waals surface area contributed by atoms with Gasteiger partial charge >= 0.3 is 5.97 Å². The number of carbonyl (C=O) groups is 1. The largest absolute Gasteiger partial charge is 0.478 e. The highest BCUT2D eigenvalue weighted by molar-refractivity contribution is 7.98. The number of carboxylic acids is 1. The van der Waals surface area contributed by atoms with Gasteiger partial charge in [0.2, 0.25) is 0 Å². The maximum atomic E-state index is 11.4. The number of nitrogens with zero attached hydrogens (tertiary/aromatic N) is 1. The second kappa shape index (κ2) is 5.96. The molecule has 0 amide bonds. The maximum Gasteiger partial charge on any atom is 0.339 e. The molecule has 104 valence electrons. The molecular formula is C15H16N2O2S. The van der Waals surface area contributed by atoms with Crippen molar-refractivity contribution in [3.8, 4) is 0 Å². The SMILES string of the molecule is CSc1cccc(Nc2nc(C)cc(C)c2C(=O)O)c1. The summed E-state index contributed by atoms with van der Waals surface area (Å²) in [5.74, 6) is -0.591. The first-order valence-corrected chi connectivity index (χ1v) is 7.36. The highest BCUT2D eigenvalue weighted by atomic mass is 32.2. The predicted octanol–water partition coefficient (Wildman–Crippen LogP) is 3.86. The van der Waals surface area contributed by atoms with E-state index in [9.17, 15) is 9.90 Å². The molecule has 2 aromatic rings. The second-order valence-electron chi connectivity index (χ2n) is 4.47. The van der Waals surface area contributed by atoms with E-state index in [4.69, 9.17) is 0 Å². The molecular weight excluding hydrogens is 272 g/mol. The van der Waals surface area contributed by atoms with Crippen molar-refractivity contribution in [3.63, 3.8) is 0 Å². The minimum absolute atomic E-state index is 0.213. The molecule has 0 radical (unpaired) electrons. The molecule has 1 heterocycles. The summed E-state index contributed by atoms with van der Waals surface area (Å²) in [6.45, 7) is 3.63. The Morgan fingerprint density at radius 3 is 2.70 bits per heavy atom. The van der Waals surface area contributed by atoms with Crippen LogP contribution in [0.25, 0.3) is 0 Å². The van der Waals surface area contributed by atoms with Crippen molar-refractivity contribution in [3.05, 3.63) is 47.2 Å². The van der Waals surface area contributed by atoms with E-state index in [2.05, 4.69) is 10.3 Å². The lowest BCUT2D eigenvalue weighted by molar-refractivity contribution is 0.0697. The smallest absolute Gasteiger partial charge is 0.339 e. The molecule has 0 bridgehead atoms. The summed E-state index contributed by atoms with van der Waals surface area (Å²) in [5, 5.41) is 12.4. The van der Waals surface area contributed by atoms with Gasteiger partial charge in [0, 0.05) is 16.3 Å². The number of thioether (sulfide) groups is 1. The van der Waals surface area contributed by atoms with Crippen LogP contribution in [0.3, 0.4) is 0 Å². The van der Waals surface area contributed by atoms with Gasteiger partial charge in [0.05, 0.1) is 0 Å². The Bertz CT molecular complexity index is 656. The first-order chi connectivity index (χ1) is 9.51. The lowest BCUT2D eigenvalue weighted by atomic mass is 10.1. The number of pyridine rings is 1. The highest BCUT2D eigenvalue weighted by Crippen LogP contribution is 2.25. The van der Waals surface area contributed by atoms with Gasteiger partial charge in [0.1, 0.15) is 11.4 Å². The lowest BCUT2D eigenvalue weighted by Crippen LogP contribution is -2.08. The third-order valence-corrected chi connectivity index (χ3v) is 3.62. The third kappa shape index (κ3) is 3.11. The van der Waals surface area contributed by atoms with Gasteiger partial charge in [-0.1, -0.05) is 6.07 Å². The van der Waals surface area contributed by atoms with Crippen LogP contribution in [0.4, 0.5) is 11.5 Å². The number of carboxylic acid groups (broad SMARTS) is 1. The summed E-state index contributed by atoms with van der Waals surface area (Å²) in [5.41, 5.74) is 2.53. The summed E-state index contributed by atoms with van der Waals surface area (Å²) < 4.78 is 0. The number of hydrogen-bond donors (Lipinski definition) is 2. The Balaban J connectivity index is 2.44. The van der Waals surface area contributed by atoms with Gasteiger partial charge in [-0.3, -0.25) is 0 Å². The number of rotatable bonds is 4. The summed E-state index contributed by atoms with van der Waals surface area (Å²) in [6.07, 6.45) is 2.00. The van der Waals surface area contributed by atoms with Gasteiger partial charge in [0.25, 0.3) is 0 Å². The Hall–Kier alpha value is -2.01. The molecule has 1 aromatic carbocycles. The van der Waals surface area contributed by atoms with Crippen LogP contribution in [0.2, 0.25) is 0 Å². The summed E-state index contributed by atoms with van der Waals surface area (Å²) in [6, 6.07) is 9.56. The zero-order valence-electron chi connectivity index (χ0n) is 11.6. The first-order valence-electron chi connectivity index (χ1n) is 6.14. The molecule has 0 spiro atoms. The van der Waals surface area contributed by atoms with E-state index in [1.54, 1.807) is 24.8 Å². The fraction of sp³-hybridized carbons (Fsp3) is 0.200. The van der Waals surface area contributed by atoms with Crippen LogP contribution in [0.15, 0.2) is 35.2 Å². The Kier molecular flexibility index (Phi) is 4.29. The molecule has 0 saturated heterocycles. The van der Waals surface area contributed by atoms with E-state index in [1.807, 2.05) is 37.4 Å². The second-order valence-corrected chi connectivity index (χ2v) is 5.35. The van der Waals surface area contributed by atoms with E-state index >= 15 is 0 Å². The van der Waals surface area contributed by atoms with Crippen LogP contribution >= 0.6 is 11.8 Å². The number of anilines is 2. The number of benzene rings is 1. The fourth-order valence-electron chi connectivity index (χ4n) is 2.03. The van der Waals surface area contributed by atoms with E-state index in [1.165, 1.54) is 0 Å². The van der Waals surface area contributed by atoms with Crippen molar-refractivity contribution >= 4 is 29.2 Å². The van der Waals surface area contributed by atoms with Crippen molar-refractivity contribution in [1.29, 1.82) is 0 Å². The van der Waals surface area contributed by atoms with Crippen molar-refractivity contribution < 1.29 is 9.90 Å². The molecule has 4 nitrogen and oxygen atoms in total. The van der Waals surface area contributed by atoms with Gasteiger partial charge < -0.3 is 10.4 Å². The average molecular weight is 288 g/mol. The van der Waals surface area contributed by atoms with Crippen molar-refractivity contribution in [2.45, 2.75) is 18.7 Å². The predicted molar refractivity (Wildman–Crippen MR) is 82.2 cm³/mol. The lowest BCUT2D eigenvalue weighted by Gasteiger charge is -2.12. The normalized spacial score (nSPS) is 10.3. The van der Waals surface area contributed by atoms with Crippen LogP contribution in [0, 0.1) is 13.8 Å². The standard InChI is InChI=1S/C15H16N2O2S/c1-9-7-10(2)16-14(13(9)15(18)19)17-11-5-4-6-12(8-11)20-3/h4-8H,1-3H3,(H,16,17)(H,18,19). The summed E-state index contributed by atoms with van der Waals surface area (Å²) >= 11 is 1.63. The van der Waals surface area contributed by atoms with Crippen LogP contribution in [-0.2, 0) is 0 Å². The molecule has 0 aliphatic carbocycles. The quantitative estimate of drug-likeness (QED) is 0.836. The fourth-order valence-corrected chi connectivity index (χ4v) is 2.49. The zero-order chi connectivity index (χ0) is 14.7. The molecule has 2 N–H and O–H groups in total. The molecule has 1 aromatic heterocycles. The molecule has 0 aliphatic rings. The Labute approximate surface area is 122 Å². The van der Waals surface area contributed by atoms with Crippen LogP contribution in [0.1, 0.15) is 21.6 Å². The Morgan fingerprint density at radius 1 is 1.30 bits per heavy atom.